The van der Waals surface area contributed by atoms with Gasteiger partial charge in [-0.2, -0.15) is 11.7 Å². The summed E-state index contributed by atoms with van der Waals surface area (Å²) in [5.74, 6) is -0.442. The Balaban J connectivity index is 0. The van der Waals surface area contributed by atoms with E-state index in [4.69, 9.17) is 5.26 Å². The smallest absolute Gasteiger partial charge is 0.343 e. The summed E-state index contributed by atoms with van der Waals surface area (Å²) in [6, 6.07) is 6.37. The fourth-order valence-electron chi connectivity index (χ4n) is 0.774. The van der Waals surface area contributed by atoms with E-state index in [2.05, 4.69) is 13.8 Å². The fraction of sp³-hybridized carbons (Fsp3) is 0.333. The SMILES string of the molecule is Cc1cccc(F)c1C#N.[CH2-]CCC.[Li+]. The fourth-order valence-corrected chi connectivity index (χ4v) is 0.774. The van der Waals surface area contributed by atoms with Gasteiger partial charge < -0.3 is 6.92 Å². The van der Waals surface area contributed by atoms with Crippen molar-refractivity contribution in [2.75, 3.05) is 0 Å². The van der Waals surface area contributed by atoms with Crippen LogP contribution in [0.25, 0.3) is 0 Å². The molecule has 0 atom stereocenters. The molecule has 0 amide bonds. The number of hydrogen-bond donors (Lipinski definition) is 0. The van der Waals surface area contributed by atoms with Crippen molar-refractivity contribution in [3.63, 3.8) is 0 Å². The summed E-state index contributed by atoms with van der Waals surface area (Å²) < 4.78 is 12.6. The van der Waals surface area contributed by atoms with Gasteiger partial charge in [-0.15, -0.1) is 0 Å². The number of rotatable bonds is 1. The van der Waals surface area contributed by atoms with Crippen LogP contribution >= 0.6 is 0 Å². The maximum Gasteiger partial charge on any atom is 1.00 e. The van der Waals surface area contributed by atoms with Crippen molar-refractivity contribution in [2.45, 2.75) is 26.7 Å². The van der Waals surface area contributed by atoms with Crippen LogP contribution in [0, 0.1) is 31.0 Å². The molecule has 0 spiro atoms. The predicted molar refractivity (Wildman–Crippen MR) is 56.1 cm³/mol. The molecule has 0 saturated heterocycles. The molecule has 15 heavy (non-hydrogen) atoms. The van der Waals surface area contributed by atoms with Crippen molar-refractivity contribution < 1.29 is 23.3 Å². The number of benzene rings is 1. The third-order valence-corrected chi connectivity index (χ3v) is 1.69. The predicted octanol–water partition coefficient (Wildman–Crippen LogP) is 0.630. The maximum atomic E-state index is 12.6. The zero-order valence-corrected chi connectivity index (χ0v) is 9.68. The Kier molecular flexibility index (Phi) is 10.9. The Labute approximate surface area is 103 Å². The molecule has 0 radical (unpaired) electrons. The molecule has 1 aromatic carbocycles. The van der Waals surface area contributed by atoms with Crippen molar-refractivity contribution in [1.82, 2.24) is 0 Å². The molecule has 0 aliphatic rings. The van der Waals surface area contributed by atoms with Crippen LogP contribution in [-0.4, -0.2) is 0 Å². The maximum absolute atomic E-state index is 12.6. The summed E-state index contributed by atoms with van der Waals surface area (Å²) in [4.78, 5) is 0. The Morgan fingerprint density at radius 3 is 2.27 bits per heavy atom. The molecule has 1 nitrogen and oxygen atoms in total. The van der Waals surface area contributed by atoms with E-state index in [1.165, 1.54) is 12.5 Å². The third-order valence-electron chi connectivity index (χ3n) is 1.69. The van der Waals surface area contributed by atoms with E-state index in [1.807, 2.05) is 0 Å². The molecule has 0 heterocycles. The van der Waals surface area contributed by atoms with Crippen LogP contribution in [0.4, 0.5) is 4.39 Å². The number of hydrogen-bond acceptors (Lipinski definition) is 1. The average molecular weight is 199 g/mol. The van der Waals surface area contributed by atoms with Crippen molar-refractivity contribution >= 4 is 0 Å². The molecule has 0 unspecified atom stereocenters. The van der Waals surface area contributed by atoms with Gasteiger partial charge in [0.25, 0.3) is 0 Å². The van der Waals surface area contributed by atoms with E-state index in [0.29, 0.717) is 5.56 Å². The molecule has 1 rings (SSSR count). The summed E-state index contributed by atoms with van der Waals surface area (Å²) >= 11 is 0. The normalized spacial score (nSPS) is 7.93. The minimum atomic E-state index is -0.442. The van der Waals surface area contributed by atoms with Crippen LogP contribution in [0.15, 0.2) is 18.2 Å². The van der Waals surface area contributed by atoms with Crippen LogP contribution in [0.5, 0.6) is 0 Å². The van der Waals surface area contributed by atoms with Crippen LogP contribution in [0.2, 0.25) is 0 Å². The molecule has 76 valence electrons. The minimum absolute atomic E-state index is 0. The van der Waals surface area contributed by atoms with Crippen LogP contribution in [0.3, 0.4) is 0 Å². The van der Waals surface area contributed by atoms with Gasteiger partial charge in [0, 0.05) is 0 Å². The monoisotopic (exact) mass is 199 g/mol. The number of aryl methyl sites for hydroxylation is 1. The van der Waals surface area contributed by atoms with Gasteiger partial charge in [-0.1, -0.05) is 25.5 Å². The number of nitrogens with zero attached hydrogens (tertiary/aromatic N) is 1. The molecule has 0 saturated carbocycles. The van der Waals surface area contributed by atoms with E-state index in [1.54, 1.807) is 25.1 Å². The second kappa shape index (κ2) is 9.78. The van der Waals surface area contributed by atoms with Gasteiger partial charge in [-0.25, -0.2) is 4.39 Å². The second-order valence-electron chi connectivity index (χ2n) is 2.90. The summed E-state index contributed by atoms with van der Waals surface area (Å²) in [7, 11) is 0. The molecule has 0 fully saturated rings. The Morgan fingerprint density at radius 2 is 2.00 bits per heavy atom. The zero-order valence-electron chi connectivity index (χ0n) is 9.68. The van der Waals surface area contributed by atoms with Crippen LogP contribution < -0.4 is 18.9 Å². The third kappa shape index (κ3) is 6.34. The summed E-state index contributed by atoms with van der Waals surface area (Å²) in [5.41, 5.74) is 0.824. The molecule has 0 N–H and O–H groups in total. The molecule has 0 aliphatic carbocycles. The number of nitriles is 1. The van der Waals surface area contributed by atoms with Crippen molar-refractivity contribution in [1.29, 1.82) is 5.26 Å². The quantitative estimate of drug-likeness (QED) is 0.480. The first-order valence-corrected chi connectivity index (χ1v) is 4.61. The van der Waals surface area contributed by atoms with Crippen LogP contribution in [0.1, 0.15) is 30.9 Å². The first-order chi connectivity index (χ1) is 6.67. The molecular weight excluding hydrogens is 184 g/mol. The molecule has 3 heteroatoms. The standard InChI is InChI=1S/C8H6FN.C4H9.Li/c1-6-3-2-4-8(9)7(6)5-10;1-3-4-2;/h2-4H,1H3;1,3-4H2,2H3;/q;-1;+1. The van der Waals surface area contributed by atoms with E-state index >= 15 is 0 Å². The van der Waals surface area contributed by atoms with Crippen LogP contribution in [-0.2, 0) is 0 Å². The number of halogens is 1. The van der Waals surface area contributed by atoms with E-state index < -0.39 is 5.82 Å². The Morgan fingerprint density at radius 1 is 1.47 bits per heavy atom. The molecular formula is C12H15FLiN. The van der Waals surface area contributed by atoms with E-state index in [9.17, 15) is 4.39 Å². The largest absolute Gasteiger partial charge is 1.00 e. The van der Waals surface area contributed by atoms with Gasteiger partial charge in [0.05, 0.1) is 5.56 Å². The summed E-state index contributed by atoms with van der Waals surface area (Å²) in [6.45, 7) is 7.43. The first-order valence-electron chi connectivity index (χ1n) is 4.61. The average Bonchev–Trinajstić information content (AvgIpc) is 2.19. The van der Waals surface area contributed by atoms with Gasteiger partial charge in [0.1, 0.15) is 11.9 Å². The van der Waals surface area contributed by atoms with Crippen molar-refractivity contribution in [2.24, 2.45) is 0 Å². The molecule has 0 bridgehead atoms. The van der Waals surface area contributed by atoms with Crippen molar-refractivity contribution in [3.8, 4) is 6.07 Å². The van der Waals surface area contributed by atoms with Gasteiger partial charge in [0.2, 0.25) is 0 Å². The van der Waals surface area contributed by atoms with Gasteiger partial charge in [0.15, 0.2) is 0 Å². The topological polar surface area (TPSA) is 23.8 Å². The summed E-state index contributed by atoms with van der Waals surface area (Å²) in [6.07, 6.45) is 2.28. The van der Waals surface area contributed by atoms with Gasteiger partial charge in [-0.05, 0) is 18.6 Å². The van der Waals surface area contributed by atoms with Gasteiger partial charge in [-0.3, -0.25) is 0 Å². The second-order valence-corrected chi connectivity index (χ2v) is 2.90. The molecule has 0 aliphatic heterocycles. The molecule has 1 aromatic rings. The number of unbranched alkanes of at least 4 members (excludes halogenated alkanes) is 1. The Hall–Kier alpha value is -0.763. The first kappa shape index (κ1) is 16.7. The zero-order chi connectivity index (χ0) is 11.0. The Bertz CT molecular complexity index is 296. The van der Waals surface area contributed by atoms with Crippen molar-refractivity contribution in [3.05, 3.63) is 42.1 Å². The van der Waals surface area contributed by atoms with Gasteiger partial charge >= 0.3 is 18.9 Å². The van der Waals surface area contributed by atoms with E-state index in [0.717, 1.165) is 6.42 Å². The molecule has 0 aromatic heterocycles. The van der Waals surface area contributed by atoms with E-state index in [-0.39, 0.29) is 24.4 Å². The summed E-state index contributed by atoms with van der Waals surface area (Å²) in [5, 5.41) is 8.41. The minimum Gasteiger partial charge on any atom is -0.343 e.